The molecular formula is C13H28N2O2. The Bertz CT molecular complexity index is 210. The van der Waals surface area contributed by atoms with Gasteiger partial charge in [-0.1, -0.05) is 20.8 Å². The van der Waals surface area contributed by atoms with Crippen molar-refractivity contribution in [1.29, 1.82) is 0 Å². The fraction of sp³-hybridized carbons (Fsp3) is 0.923. The molecule has 0 aliphatic heterocycles. The Labute approximate surface area is 105 Å². The van der Waals surface area contributed by atoms with Crippen molar-refractivity contribution in [3.63, 3.8) is 0 Å². The van der Waals surface area contributed by atoms with E-state index in [1.54, 1.807) is 7.05 Å². The Morgan fingerprint density at radius 3 is 2.24 bits per heavy atom. The summed E-state index contributed by atoms with van der Waals surface area (Å²) in [5, 5.41) is 12.2. The second kappa shape index (κ2) is 8.61. The normalized spacial score (nSPS) is 17.2. The number of hydrogen-bond acceptors (Lipinski definition) is 4. The molecule has 0 rings (SSSR count). The zero-order valence-corrected chi connectivity index (χ0v) is 11.8. The van der Waals surface area contributed by atoms with Crippen molar-refractivity contribution in [2.24, 2.45) is 5.92 Å². The van der Waals surface area contributed by atoms with Gasteiger partial charge in [-0.25, -0.2) is 0 Å². The first-order chi connectivity index (χ1) is 7.97. The predicted octanol–water partition coefficient (Wildman–Crippen LogP) is 1.24. The lowest BCUT2D eigenvalue weighted by Crippen LogP contribution is -2.45. The summed E-state index contributed by atoms with van der Waals surface area (Å²) < 4.78 is 0. The molecule has 17 heavy (non-hydrogen) atoms. The average molecular weight is 244 g/mol. The molecule has 102 valence electrons. The Morgan fingerprint density at radius 2 is 1.88 bits per heavy atom. The minimum absolute atomic E-state index is 0.0969. The number of nitrogens with zero attached hydrogens (tertiary/aromatic N) is 1. The summed E-state index contributed by atoms with van der Waals surface area (Å²) in [5.74, 6) is 0.520. The molecule has 0 bridgehead atoms. The van der Waals surface area contributed by atoms with Gasteiger partial charge < -0.3 is 9.90 Å². The fourth-order valence-electron chi connectivity index (χ4n) is 1.99. The van der Waals surface area contributed by atoms with Crippen LogP contribution in [0.3, 0.4) is 0 Å². The minimum Gasteiger partial charge on any atom is -0.379 e. The molecule has 3 atom stereocenters. The van der Waals surface area contributed by atoms with Crippen LogP contribution in [-0.4, -0.2) is 48.2 Å². The second-order valence-electron chi connectivity index (χ2n) is 4.90. The van der Waals surface area contributed by atoms with Gasteiger partial charge >= 0.3 is 0 Å². The molecule has 0 fully saturated rings. The average Bonchev–Trinajstić information content (AvgIpc) is 2.32. The van der Waals surface area contributed by atoms with Gasteiger partial charge in [-0.05, 0) is 39.3 Å². The third-order valence-electron chi connectivity index (χ3n) is 3.51. The van der Waals surface area contributed by atoms with Crippen LogP contribution in [-0.2, 0) is 4.79 Å². The van der Waals surface area contributed by atoms with E-state index < -0.39 is 6.23 Å². The first kappa shape index (κ1) is 16.6. The zero-order chi connectivity index (χ0) is 13.4. The summed E-state index contributed by atoms with van der Waals surface area (Å²) >= 11 is 0. The van der Waals surface area contributed by atoms with Crippen LogP contribution in [0.5, 0.6) is 0 Å². The molecule has 0 aromatic rings. The lowest BCUT2D eigenvalue weighted by Gasteiger charge is -2.35. The molecule has 0 saturated carbocycles. The molecule has 0 aromatic heterocycles. The highest BCUT2D eigenvalue weighted by Crippen LogP contribution is 2.16. The van der Waals surface area contributed by atoms with Crippen LogP contribution in [0.4, 0.5) is 0 Å². The minimum atomic E-state index is -0.523. The van der Waals surface area contributed by atoms with Gasteiger partial charge in [0, 0.05) is 6.04 Å². The number of aliphatic hydroxyl groups is 1. The highest BCUT2D eigenvalue weighted by molar-refractivity contribution is 5.57. The summed E-state index contributed by atoms with van der Waals surface area (Å²) in [5.41, 5.74) is 0. The van der Waals surface area contributed by atoms with Crippen LogP contribution < -0.4 is 5.32 Å². The van der Waals surface area contributed by atoms with E-state index >= 15 is 0 Å². The standard InChI is InChI=1S/C13H28N2O2/c1-6-15(11(4)10(2)3)12(9-16)7-8-13(17)14-5/h9-14,17H,6-8H2,1-5H3/t11-,12-,13?/m0/s1. The number of carbonyl (C=O) groups is 1. The molecule has 2 N–H and O–H groups in total. The van der Waals surface area contributed by atoms with Gasteiger partial charge in [0.1, 0.15) is 12.5 Å². The van der Waals surface area contributed by atoms with Gasteiger partial charge in [0.2, 0.25) is 0 Å². The number of hydrogen-bond donors (Lipinski definition) is 2. The molecule has 0 aliphatic carbocycles. The Kier molecular flexibility index (Phi) is 8.39. The molecule has 4 nitrogen and oxygen atoms in total. The number of rotatable bonds is 9. The SMILES string of the molecule is CCN([C@H](C=O)CCC(O)NC)[C@@H](C)C(C)C. The molecule has 0 aromatic carbocycles. The van der Waals surface area contributed by atoms with Crippen LogP contribution in [0.25, 0.3) is 0 Å². The van der Waals surface area contributed by atoms with Crippen LogP contribution in [0.1, 0.15) is 40.5 Å². The zero-order valence-electron chi connectivity index (χ0n) is 11.8. The molecule has 4 heteroatoms. The number of aliphatic hydroxyl groups excluding tert-OH is 1. The largest absolute Gasteiger partial charge is 0.379 e. The fourth-order valence-corrected chi connectivity index (χ4v) is 1.99. The van der Waals surface area contributed by atoms with Crippen LogP contribution in [0, 0.1) is 5.92 Å². The van der Waals surface area contributed by atoms with E-state index in [1.807, 2.05) is 0 Å². The molecule has 0 aliphatic rings. The Balaban J connectivity index is 4.43. The van der Waals surface area contributed by atoms with Crippen LogP contribution >= 0.6 is 0 Å². The van der Waals surface area contributed by atoms with Crippen LogP contribution in [0.15, 0.2) is 0 Å². The van der Waals surface area contributed by atoms with Crippen molar-refractivity contribution >= 4 is 6.29 Å². The first-order valence-electron chi connectivity index (χ1n) is 6.54. The second-order valence-corrected chi connectivity index (χ2v) is 4.90. The number of carbonyl (C=O) groups excluding carboxylic acids is 1. The van der Waals surface area contributed by atoms with Gasteiger partial charge in [0.15, 0.2) is 0 Å². The first-order valence-corrected chi connectivity index (χ1v) is 6.54. The van der Waals surface area contributed by atoms with Crippen molar-refractivity contribution in [3.05, 3.63) is 0 Å². The quantitative estimate of drug-likeness (QED) is 0.473. The van der Waals surface area contributed by atoms with Gasteiger partial charge in [0.25, 0.3) is 0 Å². The maximum Gasteiger partial charge on any atom is 0.137 e. The summed E-state index contributed by atoms with van der Waals surface area (Å²) in [7, 11) is 1.72. The molecular weight excluding hydrogens is 216 g/mol. The van der Waals surface area contributed by atoms with E-state index in [1.165, 1.54) is 0 Å². The van der Waals surface area contributed by atoms with E-state index in [-0.39, 0.29) is 6.04 Å². The molecule has 0 heterocycles. The van der Waals surface area contributed by atoms with Crippen molar-refractivity contribution in [1.82, 2.24) is 10.2 Å². The summed E-state index contributed by atoms with van der Waals surface area (Å²) in [4.78, 5) is 13.4. The van der Waals surface area contributed by atoms with E-state index in [2.05, 4.69) is 37.9 Å². The van der Waals surface area contributed by atoms with Crippen molar-refractivity contribution in [3.8, 4) is 0 Å². The van der Waals surface area contributed by atoms with Gasteiger partial charge in [-0.3, -0.25) is 10.2 Å². The summed E-state index contributed by atoms with van der Waals surface area (Å²) in [6.07, 6.45) is 1.77. The third-order valence-corrected chi connectivity index (χ3v) is 3.51. The topological polar surface area (TPSA) is 52.6 Å². The van der Waals surface area contributed by atoms with E-state index in [0.29, 0.717) is 24.8 Å². The highest BCUT2D eigenvalue weighted by atomic mass is 16.3. The predicted molar refractivity (Wildman–Crippen MR) is 70.8 cm³/mol. The molecule has 0 spiro atoms. The molecule has 0 amide bonds. The number of nitrogens with one attached hydrogen (secondary N) is 1. The summed E-state index contributed by atoms with van der Waals surface area (Å²) in [6.45, 7) is 9.41. The van der Waals surface area contributed by atoms with Gasteiger partial charge in [-0.15, -0.1) is 0 Å². The van der Waals surface area contributed by atoms with Crippen molar-refractivity contribution < 1.29 is 9.90 Å². The Hall–Kier alpha value is -0.450. The Morgan fingerprint density at radius 1 is 1.29 bits per heavy atom. The lowest BCUT2D eigenvalue weighted by molar-refractivity contribution is -0.114. The number of likely N-dealkylation sites (N-methyl/N-ethyl adjacent to an activating group) is 1. The van der Waals surface area contributed by atoms with E-state index in [0.717, 1.165) is 12.8 Å². The maximum atomic E-state index is 11.2. The maximum absolute atomic E-state index is 11.2. The van der Waals surface area contributed by atoms with Crippen molar-refractivity contribution in [2.45, 2.75) is 58.8 Å². The van der Waals surface area contributed by atoms with Crippen molar-refractivity contribution in [2.75, 3.05) is 13.6 Å². The highest BCUT2D eigenvalue weighted by Gasteiger charge is 2.24. The van der Waals surface area contributed by atoms with Gasteiger partial charge in [0.05, 0.1) is 6.04 Å². The van der Waals surface area contributed by atoms with E-state index in [9.17, 15) is 9.90 Å². The lowest BCUT2D eigenvalue weighted by atomic mass is 10.0. The van der Waals surface area contributed by atoms with Crippen LogP contribution in [0.2, 0.25) is 0 Å². The number of aldehydes is 1. The monoisotopic (exact) mass is 244 g/mol. The smallest absolute Gasteiger partial charge is 0.137 e. The van der Waals surface area contributed by atoms with Gasteiger partial charge in [-0.2, -0.15) is 0 Å². The molecule has 1 unspecified atom stereocenters. The third kappa shape index (κ3) is 5.61. The van der Waals surface area contributed by atoms with E-state index in [4.69, 9.17) is 0 Å². The summed E-state index contributed by atoms with van der Waals surface area (Å²) in [6, 6.07) is 0.280. The molecule has 0 saturated heterocycles. The molecule has 0 radical (unpaired) electrons.